The Labute approximate surface area is 109 Å². The van der Waals surface area contributed by atoms with Crippen molar-refractivity contribution in [1.82, 2.24) is 4.90 Å². The van der Waals surface area contributed by atoms with Gasteiger partial charge < -0.3 is 5.73 Å². The summed E-state index contributed by atoms with van der Waals surface area (Å²) in [5.74, 6) is 0.706. The summed E-state index contributed by atoms with van der Waals surface area (Å²) >= 11 is 0. The highest BCUT2D eigenvalue weighted by molar-refractivity contribution is 4.93. The minimum Gasteiger partial charge on any atom is -0.329 e. The van der Waals surface area contributed by atoms with Crippen LogP contribution in [0, 0.1) is 5.92 Å². The third-order valence-electron chi connectivity index (χ3n) is 3.61. The minimum atomic E-state index is 0.224. The van der Waals surface area contributed by atoms with E-state index in [4.69, 9.17) is 5.73 Å². The van der Waals surface area contributed by atoms with Crippen LogP contribution in [-0.4, -0.2) is 29.6 Å². The fraction of sp³-hybridized carbons (Fsp3) is 1.00. The van der Waals surface area contributed by atoms with Crippen LogP contribution in [0.25, 0.3) is 0 Å². The number of hydrogen-bond acceptors (Lipinski definition) is 2. The van der Waals surface area contributed by atoms with Gasteiger partial charge in [0.25, 0.3) is 0 Å². The van der Waals surface area contributed by atoms with Crippen LogP contribution >= 0.6 is 0 Å². The summed E-state index contributed by atoms with van der Waals surface area (Å²) in [5.41, 5.74) is 6.38. The molecule has 0 fully saturated rings. The molecule has 0 aromatic carbocycles. The zero-order valence-corrected chi connectivity index (χ0v) is 12.9. The molecule has 0 amide bonds. The maximum absolute atomic E-state index is 6.15. The summed E-state index contributed by atoms with van der Waals surface area (Å²) in [6.45, 7) is 15.7. The molecule has 0 heterocycles. The Bertz CT molecular complexity index is 181. The Balaban J connectivity index is 5.02. The second-order valence-electron chi connectivity index (χ2n) is 6.07. The zero-order chi connectivity index (χ0) is 13.5. The Kier molecular flexibility index (Phi) is 8.06. The van der Waals surface area contributed by atoms with Crippen LogP contribution in [0.4, 0.5) is 0 Å². The molecule has 2 N–H and O–H groups in total. The van der Waals surface area contributed by atoms with Crippen LogP contribution in [0.2, 0.25) is 0 Å². The largest absolute Gasteiger partial charge is 0.329 e. The smallest absolute Gasteiger partial charge is 0.0334 e. The summed E-state index contributed by atoms with van der Waals surface area (Å²) in [6.07, 6.45) is 4.89. The van der Waals surface area contributed by atoms with Crippen LogP contribution in [0.1, 0.15) is 67.2 Å². The van der Waals surface area contributed by atoms with E-state index in [2.05, 4.69) is 46.4 Å². The molecule has 0 bridgehead atoms. The van der Waals surface area contributed by atoms with Gasteiger partial charge >= 0.3 is 0 Å². The predicted octanol–water partition coefficient (Wildman–Crippen LogP) is 3.65. The Hall–Kier alpha value is -0.0800. The van der Waals surface area contributed by atoms with E-state index in [0.29, 0.717) is 12.0 Å². The van der Waals surface area contributed by atoms with Gasteiger partial charge in [-0.3, -0.25) is 4.90 Å². The van der Waals surface area contributed by atoms with Crippen molar-refractivity contribution >= 4 is 0 Å². The van der Waals surface area contributed by atoms with Crippen molar-refractivity contribution in [2.45, 2.75) is 78.8 Å². The average Bonchev–Trinajstić information content (AvgIpc) is 2.25. The van der Waals surface area contributed by atoms with E-state index < -0.39 is 0 Å². The van der Waals surface area contributed by atoms with E-state index in [-0.39, 0.29) is 5.54 Å². The Morgan fingerprint density at radius 3 is 1.71 bits per heavy atom. The van der Waals surface area contributed by atoms with Crippen molar-refractivity contribution in [3.05, 3.63) is 0 Å². The van der Waals surface area contributed by atoms with Gasteiger partial charge in [0.2, 0.25) is 0 Å². The molecule has 0 rings (SSSR count). The second kappa shape index (κ2) is 8.10. The number of hydrogen-bond donors (Lipinski definition) is 1. The van der Waals surface area contributed by atoms with E-state index in [1.165, 1.54) is 25.7 Å². The molecular formula is C15H34N2. The molecule has 0 aliphatic rings. The molecule has 0 aliphatic heterocycles. The van der Waals surface area contributed by atoms with E-state index >= 15 is 0 Å². The molecule has 0 aromatic heterocycles. The van der Waals surface area contributed by atoms with Crippen molar-refractivity contribution in [2.24, 2.45) is 11.7 Å². The molecule has 0 aliphatic carbocycles. The van der Waals surface area contributed by atoms with Crippen molar-refractivity contribution in [1.29, 1.82) is 0 Å². The van der Waals surface area contributed by atoms with Crippen molar-refractivity contribution in [2.75, 3.05) is 13.1 Å². The molecule has 0 aromatic rings. The lowest BCUT2D eigenvalue weighted by molar-refractivity contribution is 0.0339. The molecule has 0 spiro atoms. The van der Waals surface area contributed by atoms with Gasteiger partial charge in [-0.25, -0.2) is 0 Å². The molecule has 2 heteroatoms. The molecule has 0 saturated carbocycles. The summed E-state index contributed by atoms with van der Waals surface area (Å²) in [4.78, 5) is 2.66. The summed E-state index contributed by atoms with van der Waals surface area (Å²) in [5, 5.41) is 0. The number of nitrogens with two attached hydrogens (primary N) is 1. The van der Waals surface area contributed by atoms with Gasteiger partial charge in [-0.2, -0.15) is 0 Å². The highest BCUT2D eigenvalue weighted by Crippen LogP contribution is 2.29. The van der Waals surface area contributed by atoms with E-state index in [0.717, 1.165) is 13.1 Å². The predicted molar refractivity (Wildman–Crippen MR) is 78.3 cm³/mol. The molecule has 104 valence electrons. The van der Waals surface area contributed by atoms with Gasteiger partial charge in [-0.1, -0.05) is 40.5 Å². The third-order valence-corrected chi connectivity index (χ3v) is 3.61. The molecule has 17 heavy (non-hydrogen) atoms. The van der Waals surface area contributed by atoms with Crippen LogP contribution in [-0.2, 0) is 0 Å². The molecule has 0 atom stereocenters. The average molecular weight is 242 g/mol. The fourth-order valence-electron chi connectivity index (χ4n) is 3.01. The number of rotatable bonds is 9. The number of nitrogens with zero attached hydrogens (tertiary/aromatic N) is 1. The second-order valence-corrected chi connectivity index (χ2v) is 6.07. The SMILES string of the molecule is CCCC(CN)(CCC)N(CC(C)C)C(C)C. The molecule has 0 radical (unpaired) electrons. The first-order valence-electron chi connectivity index (χ1n) is 7.40. The van der Waals surface area contributed by atoms with Crippen LogP contribution in [0.5, 0.6) is 0 Å². The topological polar surface area (TPSA) is 29.3 Å². The Morgan fingerprint density at radius 2 is 1.47 bits per heavy atom. The molecular weight excluding hydrogens is 208 g/mol. The molecule has 0 saturated heterocycles. The highest BCUT2D eigenvalue weighted by atomic mass is 15.2. The van der Waals surface area contributed by atoms with Gasteiger partial charge in [-0.15, -0.1) is 0 Å². The first-order chi connectivity index (χ1) is 7.93. The molecule has 0 unspecified atom stereocenters. The monoisotopic (exact) mass is 242 g/mol. The summed E-state index contributed by atoms with van der Waals surface area (Å²) < 4.78 is 0. The summed E-state index contributed by atoms with van der Waals surface area (Å²) in [7, 11) is 0. The van der Waals surface area contributed by atoms with Crippen molar-refractivity contribution in [3.8, 4) is 0 Å². The molecule has 2 nitrogen and oxygen atoms in total. The third kappa shape index (κ3) is 4.97. The van der Waals surface area contributed by atoms with Gasteiger partial charge in [0.15, 0.2) is 0 Å². The van der Waals surface area contributed by atoms with Gasteiger partial charge in [-0.05, 0) is 32.6 Å². The van der Waals surface area contributed by atoms with Crippen molar-refractivity contribution < 1.29 is 0 Å². The fourth-order valence-corrected chi connectivity index (χ4v) is 3.01. The first-order valence-corrected chi connectivity index (χ1v) is 7.40. The minimum absolute atomic E-state index is 0.224. The summed E-state index contributed by atoms with van der Waals surface area (Å²) in [6, 6.07) is 0.582. The van der Waals surface area contributed by atoms with Gasteiger partial charge in [0.1, 0.15) is 0 Å². The van der Waals surface area contributed by atoms with E-state index in [1.807, 2.05) is 0 Å². The van der Waals surface area contributed by atoms with Crippen molar-refractivity contribution in [3.63, 3.8) is 0 Å². The lowest BCUT2D eigenvalue weighted by Crippen LogP contribution is -2.57. The lowest BCUT2D eigenvalue weighted by atomic mass is 9.85. The normalized spacial score (nSPS) is 13.1. The maximum Gasteiger partial charge on any atom is 0.0334 e. The van der Waals surface area contributed by atoms with Gasteiger partial charge in [0.05, 0.1) is 0 Å². The quantitative estimate of drug-likeness (QED) is 0.669. The van der Waals surface area contributed by atoms with Crippen LogP contribution < -0.4 is 5.73 Å². The standard InChI is InChI=1S/C15H34N2/c1-7-9-15(12-16,10-8-2)17(14(5)6)11-13(3)4/h13-14H,7-12,16H2,1-6H3. The highest BCUT2D eigenvalue weighted by Gasteiger charge is 2.35. The van der Waals surface area contributed by atoms with Crippen LogP contribution in [0.3, 0.4) is 0 Å². The first kappa shape index (κ1) is 16.9. The maximum atomic E-state index is 6.15. The van der Waals surface area contributed by atoms with Gasteiger partial charge in [0, 0.05) is 24.7 Å². The lowest BCUT2D eigenvalue weighted by Gasteiger charge is -2.47. The zero-order valence-electron chi connectivity index (χ0n) is 12.9. The van der Waals surface area contributed by atoms with E-state index in [9.17, 15) is 0 Å². The van der Waals surface area contributed by atoms with Crippen LogP contribution in [0.15, 0.2) is 0 Å². The Morgan fingerprint density at radius 1 is 1.00 bits per heavy atom. The van der Waals surface area contributed by atoms with E-state index in [1.54, 1.807) is 0 Å².